The number of anilines is 1. The molecule has 22 heavy (non-hydrogen) atoms. The summed E-state index contributed by atoms with van der Waals surface area (Å²) in [6, 6.07) is 3.74. The average Bonchev–Trinajstić information content (AvgIpc) is 2.79. The Labute approximate surface area is 127 Å². The van der Waals surface area contributed by atoms with Crippen LogP contribution in [0.5, 0.6) is 0 Å². The predicted molar refractivity (Wildman–Crippen MR) is 77.1 cm³/mol. The maximum atomic E-state index is 12.8. The number of alkyl halides is 3. The van der Waals surface area contributed by atoms with Crippen LogP contribution in [0.2, 0.25) is 0 Å². The third-order valence-electron chi connectivity index (χ3n) is 4.06. The third kappa shape index (κ3) is 3.17. The lowest BCUT2D eigenvalue weighted by Gasteiger charge is -2.29. The van der Waals surface area contributed by atoms with Gasteiger partial charge >= 0.3 is 6.18 Å². The minimum atomic E-state index is -4.53. The molecule has 2 N–H and O–H groups in total. The minimum Gasteiger partial charge on any atom is -0.354 e. The standard InChI is InChI=1S/C15H19F3N4/c1-14(2,3)10-7-22(8-11(10)20)13-9(6-19)4-5-12(21-13)15(16,17)18/h4-5,10-11H,7-8,20H2,1-3H3. The van der Waals surface area contributed by atoms with Crippen LogP contribution in [0, 0.1) is 22.7 Å². The zero-order chi connectivity index (χ0) is 16.7. The van der Waals surface area contributed by atoms with Crippen LogP contribution in [0.1, 0.15) is 32.0 Å². The molecule has 2 rings (SSSR count). The van der Waals surface area contributed by atoms with Gasteiger partial charge in [0.2, 0.25) is 0 Å². The quantitative estimate of drug-likeness (QED) is 0.866. The number of hydrogen-bond acceptors (Lipinski definition) is 4. The lowest BCUT2D eigenvalue weighted by atomic mass is 9.78. The summed E-state index contributed by atoms with van der Waals surface area (Å²) in [5.41, 5.74) is 5.21. The summed E-state index contributed by atoms with van der Waals surface area (Å²) in [7, 11) is 0. The summed E-state index contributed by atoms with van der Waals surface area (Å²) >= 11 is 0. The van der Waals surface area contributed by atoms with E-state index in [1.165, 1.54) is 6.07 Å². The van der Waals surface area contributed by atoms with E-state index in [1.54, 1.807) is 4.90 Å². The van der Waals surface area contributed by atoms with Crippen LogP contribution in [-0.4, -0.2) is 24.1 Å². The van der Waals surface area contributed by atoms with Crippen LogP contribution >= 0.6 is 0 Å². The second-order valence-corrected chi connectivity index (χ2v) is 6.72. The van der Waals surface area contributed by atoms with Crippen LogP contribution in [0.3, 0.4) is 0 Å². The van der Waals surface area contributed by atoms with Gasteiger partial charge < -0.3 is 10.6 Å². The van der Waals surface area contributed by atoms with Crippen molar-refractivity contribution in [2.24, 2.45) is 17.1 Å². The lowest BCUT2D eigenvalue weighted by Crippen LogP contribution is -2.36. The van der Waals surface area contributed by atoms with E-state index in [0.717, 1.165) is 6.07 Å². The second kappa shape index (κ2) is 5.43. The number of rotatable bonds is 1. The molecule has 0 bridgehead atoms. The van der Waals surface area contributed by atoms with Gasteiger partial charge in [-0.05, 0) is 23.5 Å². The zero-order valence-corrected chi connectivity index (χ0v) is 12.8. The van der Waals surface area contributed by atoms with E-state index in [1.807, 2.05) is 26.8 Å². The van der Waals surface area contributed by atoms with Crippen molar-refractivity contribution in [2.75, 3.05) is 18.0 Å². The largest absolute Gasteiger partial charge is 0.433 e. The highest BCUT2D eigenvalue weighted by atomic mass is 19.4. The Balaban J connectivity index is 2.39. The van der Waals surface area contributed by atoms with E-state index in [2.05, 4.69) is 4.98 Å². The van der Waals surface area contributed by atoms with Crippen molar-refractivity contribution in [1.82, 2.24) is 4.98 Å². The van der Waals surface area contributed by atoms with Crippen molar-refractivity contribution in [3.63, 3.8) is 0 Å². The van der Waals surface area contributed by atoms with Gasteiger partial charge in [0.25, 0.3) is 0 Å². The van der Waals surface area contributed by atoms with E-state index in [0.29, 0.717) is 13.1 Å². The van der Waals surface area contributed by atoms with Crippen LogP contribution in [-0.2, 0) is 6.18 Å². The number of halogens is 3. The van der Waals surface area contributed by atoms with Gasteiger partial charge in [-0.3, -0.25) is 0 Å². The monoisotopic (exact) mass is 312 g/mol. The topological polar surface area (TPSA) is 65.9 Å². The summed E-state index contributed by atoms with van der Waals surface area (Å²) in [6.45, 7) is 7.03. The molecule has 1 aromatic heterocycles. The van der Waals surface area contributed by atoms with Crippen LogP contribution in [0.15, 0.2) is 12.1 Å². The SMILES string of the molecule is CC(C)(C)C1CN(c2nc(C(F)(F)F)ccc2C#N)CC1N. The Hall–Kier alpha value is -1.81. The molecule has 1 aliphatic heterocycles. The van der Waals surface area contributed by atoms with Gasteiger partial charge in [-0.15, -0.1) is 0 Å². The maximum Gasteiger partial charge on any atom is 0.433 e. The Bertz CT molecular complexity index is 598. The number of aromatic nitrogens is 1. The van der Waals surface area contributed by atoms with Gasteiger partial charge in [0, 0.05) is 19.1 Å². The molecule has 1 saturated heterocycles. The van der Waals surface area contributed by atoms with Gasteiger partial charge in [-0.2, -0.15) is 18.4 Å². The Kier molecular flexibility index (Phi) is 4.09. The molecule has 0 radical (unpaired) electrons. The van der Waals surface area contributed by atoms with Gasteiger partial charge in [0.15, 0.2) is 0 Å². The molecule has 0 aromatic carbocycles. The van der Waals surface area contributed by atoms with Gasteiger partial charge in [0.1, 0.15) is 17.6 Å². The molecule has 0 spiro atoms. The predicted octanol–water partition coefficient (Wildman–Crippen LogP) is 2.78. The summed E-state index contributed by atoms with van der Waals surface area (Å²) in [5, 5.41) is 9.13. The van der Waals surface area contributed by atoms with Crippen molar-refractivity contribution >= 4 is 5.82 Å². The number of nitriles is 1. The van der Waals surface area contributed by atoms with Crippen LogP contribution in [0.4, 0.5) is 19.0 Å². The lowest BCUT2D eigenvalue weighted by molar-refractivity contribution is -0.141. The molecule has 1 fully saturated rings. The van der Waals surface area contributed by atoms with Crippen molar-refractivity contribution < 1.29 is 13.2 Å². The first kappa shape index (κ1) is 16.6. The van der Waals surface area contributed by atoms with Crippen molar-refractivity contribution in [3.8, 4) is 6.07 Å². The number of nitrogens with two attached hydrogens (primary N) is 1. The maximum absolute atomic E-state index is 12.8. The number of nitrogens with zero attached hydrogens (tertiary/aromatic N) is 3. The second-order valence-electron chi connectivity index (χ2n) is 6.72. The highest BCUT2D eigenvalue weighted by Crippen LogP contribution is 2.36. The molecular weight excluding hydrogens is 293 g/mol. The Morgan fingerprint density at radius 2 is 1.91 bits per heavy atom. The highest BCUT2D eigenvalue weighted by molar-refractivity contribution is 5.55. The first-order valence-corrected chi connectivity index (χ1v) is 7.03. The molecule has 0 aliphatic carbocycles. The fourth-order valence-corrected chi connectivity index (χ4v) is 2.85. The molecule has 2 unspecified atom stereocenters. The zero-order valence-electron chi connectivity index (χ0n) is 12.8. The highest BCUT2D eigenvalue weighted by Gasteiger charge is 2.40. The molecule has 4 nitrogen and oxygen atoms in total. The van der Waals surface area contributed by atoms with Crippen LogP contribution in [0.25, 0.3) is 0 Å². The van der Waals surface area contributed by atoms with E-state index >= 15 is 0 Å². The summed E-state index contributed by atoms with van der Waals surface area (Å²) < 4.78 is 38.5. The minimum absolute atomic E-state index is 0.0669. The van der Waals surface area contributed by atoms with Crippen molar-refractivity contribution in [3.05, 3.63) is 23.4 Å². The van der Waals surface area contributed by atoms with E-state index in [-0.39, 0.29) is 28.8 Å². The molecule has 7 heteroatoms. The third-order valence-corrected chi connectivity index (χ3v) is 4.06. The normalized spacial score (nSPS) is 22.7. The van der Waals surface area contributed by atoms with Crippen LogP contribution < -0.4 is 10.6 Å². The Morgan fingerprint density at radius 1 is 1.27 bits per heavy atom. The van der Waals surface area contributed by atoms with E-state index in [9.17, 15) is 13.2 Å². The smallest absolute Gasteiger partial charge is 0.354 e. The van der Waals surface area contributed by atoms with E-state index < -0.39 is 11.9 Å². The molecule has 0 amide bonds. The fourth-order valence-electron chi connectivity index (χ4n) is 2.85. The molecule has 2 atom stereocenters. The Morgan fingerprint density at radius 3 is 2.36 bits per heavy atom. The van der Waals surface area contributed by atoms with E-state index in [4.69, 9.17) is 11.0 Å². The first-order valence-electron chi connectivity index (χ1n) is 7.03. The molecule has 2 heterocycles. The number of hydrogen-bond donors (Lipinski definition) is 1. The average molecular weight is 312 g/mol. The summed E-state index contributed by atoms with van der Waals surface area (Å²) in [6.07, 6.45) is -4.53. The van der Waals surface area contributed by atoms with Gasteiger partial charge in [-0.1, -0.05) is 20.8 Å². The van der Waals surface area contributed by atoms with Crippen molar-refractivity contribution in [1.29, 1.82) is 5.26 Å². The molecular formula is C15H19F3N4. The molecule has 0 saturated carbocycles. The van der Waals surface area contributed by atoms with Gasteiger partial charge in [0.05, 0.1) is 5.56 Å². The molecule has 120 valence electrons. The summed E-state index contributed by atoms with van der Waals surface area (Å²) in [5.74, 6) is 0.190. The van der Waals surface area contributed by atoms with Crippen molar-refractivity contribution in [2.45, 2.75) is 33.0 Å². The summed E-state index contributed by atoms with van der Waals surface area (Å²) in [4.78, 5) is 5.36. The molecule has 1 aromatic rings. The molecule has 1 aliphatic rings. The fraction of sp³-hybridized carbons (Fsp3) is 0.600. The van der Waals surface area contributed by atoms with Gasteiger partial charge in [-0.25, -0.2) is 4.98 Å². The number of pyridine rings is 1. The first-order chi connectivity index (χ1) is 10.0.